The highest BCUT2D eigenvalue weighted by Gasteiger charge is 2.46. The van der Waals surface area contributed by atoms with Crippen LogP contribution in [0.1, 0.15) is 20.7 Å². The molecule has 0 N–H and O–H groups in total. The monoisotopic (exact) mass is 311 g/mol. The molecule has 0 aromatic heterocycles. The summed E-state index contributed by atoms with van der Waals surface area (Å²) >= 11 is 16.3. The molecule has 90 valence electrons. The number of benzene rings is 1. The van der Waals surface area contributed by atoms with Gasteiger partial charge in [0.2, 0.25) is 0 Å². The van der Waals surface area contributed by atoms with Crippen LogP contribution < -0.4 is 0 Å². The lowest BCUT2D eigenvalue weighted by atomic mass is 10.1. The number of alkyl halides is 3. The van der Waals surface area contributed by atoms with E-state index in [1.807, 2.05) is 0 Å². The van der Waals surface area contributed by atoms with Crippen molar-refractivity contribution in [2.45, 2.75) is 3.12 Å². The molecule has 0 bridgehead atoms. The number of halogens is 3. The minimum atomic E-state index is -2.37. The van der Waals surface area contributed by atoms with E-state index in [2.05, 4.69) is 0 Å². The predicted molar refractivity (Wildman–Crippen MR) is 65.4 cm³/mol. The normalized spacial score (nSPS) is 17.2. The Hall–Kier alpha value is -0.620. The van der Waals surface area contributed by atoms with Crippen molar-refractivity contribution in [1.82, 2.24) is 4.31 Å². The van der Waals surface area contributed by atoms with Gasteiger partial charge in [-0.05, 0) is 12.1 Å². The summed E-state index contributed by atoms with van der Waals surface area (Å²) < 4.78 is 9.98. The maximum absolute atomic E-state index is 11.8. The first-order valence-corrected chi connectivity index (χ1v) is 6.54. The van der Waals surface area contributed by atoms with Crippen LogP contribution in [-0.4, -0.2) is 23.5 Å². The standard InChI is InChI=1S/C9H4Cl3NO3S/c10-9(11,12)17(16)13-7(14)5-3-1-2-4-6(5)8(13)15/h1-4H. The Labute approximate surface area is 114 Å². The Bertz CT molecular complexity index is 506. The second kappa shape index (κ2) is 4.24. The molecule has 1 atom stereocenters. The van der Waals surface area contributed by atoms with Gasteiger partial charge in [-0.3, -0.25) is 9.59 Å². The van der Waals surface area contributed by atoms with Gasteiger partial charge in [0.1, 0.15) is 0 Å². The minimum Gasteiger partial charge on any atom is -0.268 e. The highest BCUT2D eigenvalue weighted by molar-refractivity contribution is 7.90. The zero-order chi connectivity index (χ0) is 12.8. The smallest absolute Gasteiger partial charge is 0.268 e. The Morgan fingerprint density at radius 1 is 1.00 bits per heavy atom. The molecule has 0 radical (unpaired) electrons. The third kappa shape index (κ3) is 2.08. The van der Waals surface area contributed by atoms with Crippen LogP contribution in [0.5, 0.6) is 0 Å². The van der Waals surface area contributed by atoms with E-state index in [-0.39, 0.29) is 11.1 Å². The second-order valence-corrected chi connectivity index (χ2v) is 7.57. The second-order valence-electron chi connectivity index (χ2n) is 3.15. The van der Waals surface area contributed by atoms with Crippen molar-refractivity contribution in [2.24, 2.45) is 0 Å². The quantitative estimate of drug-likeness (QED) is 0.590. The van der Waals surface area contributed by atoms with Gasteiger partial charge in [-0.15, -0.1) is 0 Å². The molecule has 1 heterocycles. The van der Waals surface area contributed by atoms with E-state index in [0.717, 1.165) is 0 Å². The van der Waals surface area contributed by atoms with Gasteiger partial charge in [-0.2, -0.15) is 4.31 Å². The summed E-state index contributed by atoms with van der Waals surface area (Å²) in [6.45, 7) is 0. The molecule has 0 spiro atoms. The molecular weight excluding hydrogens is 309 g/mol. The zero-order valence-electron chi connectivity index (χ0n) is 8.02. The SMILES string of the molecule is O=C1c2ccccc2C(=O)N1S(=O)C(Cl)(Cl)Cl. The molecule has 1 aliphatic rings. The third-order valence-corrected chi connectivity index (χ3v) is 4.37. The number of carbonyl (C=O) groups is 2. The molecule has 1 aromatic carbocycles. The van der Waals surface area contributed by atoms with Gasteiger partial charge in [0.15, 0.2) is 11.0 Å². The van der Waals surface area contributed by atoms with Gasteiger partial charge in [0.05, 0.1) is 11.1 Å². The van der Waals surface area contributed by atoms with Crippen LogP contribution in [0, 0.1) is 0 Å². The number of hydrogen-bond donors (Lipinski definition) is 0. The van der Waals surface area contributed by atoms with Gasteiger partial charge in [-0.25, -0.2) is 4.21 Å². The van der Waals surface area contributed by atoms with Crippen molar-refractivity contribution >= 4 is 57.6 Å². The average molecular weight is 313 g/mol. The van der Waals surface area contributed by atoms with Crippen LogP contribution >= 0.6 is 34.8 Å². The van der Waals surface area contributed by atoms with E-state index in [4.69, 9.17) is 34.8 Å². The minimum absolute atomic E-state index is 0.153. The van der Waals surface area contributed by atoms with Crippen molar-refractivity contribution < 1.29 is 13.8 Å². The molecule has 0 saturated heterocycles. The maximum atomic E-state index is 11.8. The molecule has 1 aliphatic heterocycles. The van der Waals surface area contributed by atoms with Gasteiger partial charge in [0.25, 0.3) is 14.9 Å². The van der Waals surface area contributed by atoms with Crippen LogP contribution in [0.4, 0.5) is 0 Å². The van der Waals surface area contributed by atoms with Crippen LogP contribution in [-0.2, 0) is 11.0 Å². The lowest BCUT2D eigenvalue weighted by Crippen LogP contribution is -2.37. The van der Waals surface area contributed by atoms with Crippen LogP contribution in [0.25, 0.3) is 0 Å². The van der Waals surface area contributed by atoms with E-state index in [1.54, 1.807) is 12.1 Å². The number of fused-ring (bicyclic) bond motifs is 1. The first-order valence-electron chi connectivity index (χ1n) is 4.30. The Balaban J connectivity index is 2.47. The van der Waals surface area contributed by atoms with Crippen LogP contribution in [0.15, 0.2) is 24.3 Å². The molecule has 1 aromatic rings. The summed E-state index contributed by atoms with van der Waals surface area (Å²) in [7, 11) is -2.37. The first-order chi connectivity index (χ1) is 7.84. The number of amides is 2. The molecule has 1 unspecified atom stereocenters. The van der Waals surface area contributed by atoms with Crippen LogP contribution in [0.3, 0.4) is 0 Å². The number of rotatable bonds is 1. The Morgan fingerprint density at radius 3 is 1.76 bits per heavy atom. The molecule has 8 heteroatoms. The molecule has 17 heavy (non-hydrogen) atoms. The molecule has 0 aliphatic carbocycles. The number of nitrogens with zero attached hydrogens (tertiary/aromatic N) is 1. The maximum Gasteiger partial charge on any atom is 0.286 e. The van der Waals surface area contributed by atoms with Gasteiger partial charge >= 0.3 is 0 Å². The lowest BCUT2D eigenvalue weighted by Gasteiger charge is -2.17. The molecule has 2 rings (SSSR count). The third-order valence-electron chi connectivity index (χ3n) is 2.12. The van der Waals surface area contributed by atoms with E-state index in [9.17, 15) is 13.8 Å². The Kier molecular flexibility index (Phi) is 3.20. The predicted octanol–water partition coefficient (Wildman–Crippen LogP) is 2.27. The number of hydrogen-bond acceptors (Lipinski definition) is 3. The summed E-state index contributed by atoms with van der Waals surface area (Å²) in [5, 5.41) is 0. The fourth-order valence-electron chi connectivity index (χ4n) is 1.42. The largest absolute Gasteiger partial charge is 0.286 e. The van der Waals surface area contributed by atoms with Gasteiger partial charge in [0, 0.05) is 0 Å². The molecule has 0 saturated carbocycles. The topological polar surface area (TPSA) is 54.5 Å². The van der Waals surface area contributed by atoms with Crippen molar-refractivity contribution in [1.29, 1.82) is 0 Å². The van der Waals surface area contributed by atoms with Crippen molar-refractivity contribution in [3.63, 3.8) is 0 Å². The van der Waals surface area contributed by atoms with Crippen LogP contribution in [0.2, 0.25) is 0 Å². The summed E-state index contributed by atoms with van der Waals surface area (Å²) in [5.74, 6) is -1.45. The molecule has 2 amide bonds. The molecule has 4 nitrogen and oxygen atoms in total. The zero-order valence-corrected chi connectivity index (χ0v) is 11.1. The number of carbonyl (C=O) groups excluding carboxylic acids is 2. The van der Waals surface area contributed by atoms with Gasteiger partial charge in [-0.1, -0.05) is 46.9 Å². The Morgan fingerprint density at radius 2 is 1.41 bits per heavy atom. The highest BCUT2D eigenvalue weighted by atomic mass is 35.6. The fourth-order valence-corrected chi connectivity index (χ4v) is 2.75. The van der Waals surface area contributed by atoms with E-state index < -0.39 is 25.9 Å². The van der Waals surface area contributed by atoms with E-state index in [1.165, 1.54) is 12.1 Å². The van der Waals surface area contributed by atoms with Crippen molar-refractivity contribution in [3.8, 4) is 0 Å². The lowest BCUT2D eigenvalue weighted by molar-refractivity contribution is 0.0771. The summed E-state index contributed by atoms with van der Waals surface area (Å²) in [6, 6.07) is 6.08. The summed E-state index contributed by atoms with van der Waals surface area (Å²) in [4.78, 5) is 23.7. The first kappa shape index (κ1) is 12.8. The molecule has 0 fully saturated rings. The van der Waals surface area contributed by atoms with Gasteiger partial charge < -0.3 is 0 Å². The molecular formula is C9H4Cl3NO3S. The summed E-state index contributed by atoms with van der Waals surface area (Å²) in [5.41, 5.74) is 0.306. The number of imide groups is 1. The highest BCUT2D eigenvalue weighted by Crippen LogP contribution is 2.35. The average Bonchev–Trinajstić information content (AvgIpc) is 2.51. The fraction of sp³-hybridized carbons (Fsp3) is 0.111. The van der Waals surface area contributed by atoms with Crippen molar-refractivity contribution in [3.05, 3.63) is 35.4 Å². The van der Waals surface area contributed by atoms with E-state index >= 15 is 0 Å². The van der Waals surface area contributed by atoms with Crippen molar-refractivity contribution in [2.75, 3.05) is 0 Å². The van der Waals surface area contributed by atoms with E-state index in [0.29, 0.717) is 4.31 Å². The summed E-state index contributed by atoms with van der Waals surface area (Å²) in [6.07, 6.45) is 0.